The largest absolute Gasteiger partial charge is 0.481 e. The number of ketones is 2. The molecule has 4 fully saturated rings. The molecule has 7 aromatic heterocycles. The highest BCUT2D eigenvalue weighted by atomic mass is 32.3. The SMILES string of the molecule is CC(=O)C[C@@H](CCCC1CCCCC1)c1nc(-c2ccc(N(S(C)(=O)=O)S(C)(=O)=O)nc2)no1.CC(=O)C[C@@H](CCCC1CCCCC1)c1nc(-c2ccc(N)nc2)no1.CS(=O)(=O)Nc1ccc(-c2noc([C@H](CCCC3CCCCC3)CC(=O)NO)n2)cc1.CS(=O)(=O)Nc1ccc(-c2noc([C@H](CCCC3CCCCC3)CC(=O)O)n2)cc1.N/C(=N\O)c1ccc(N)nc1. The number of carboxylic acid groups (broad SMARTS) is 1. The van der Waals surface area contributed by atoms with Gasteiger partial charge in [0.25, 0.3) is 0 Å². The van der Waals surface area contributed by atoms with E-state index in [4.69, 9.17) is 45.7 Å². The van der Waals surface area contributed by atoms with Gasteiger partial charge in [0, 0.05) is 101 Å². The summed E-state index contributed by atoms with van der Waals surface area (Å²) in [7, 11) is -14.9. The fraction of sp³-hybridized carbons (Fsp3) is 0.556. The van der Waals surface area contributed by atoms with Crippen LogP contribution in [0.2, 0.25) is 0 Å². The molecule has 4 aliphatic rings. The van der Waals surface area contributed by atoms with Gasteiger partial charge in [-0.15, -0.1) is 3.71 Å². The second-order valence-corrected chi connectivity index (χ2v) is 42.4. The highest BCUT2D eigenvalue weighted by Crippen LogP contribution is 2.38. The van der Waals surface area contributed by atoms with Crippen LogP contribution in [-0.2, 0) is 59.3 Å². The first-order valence-electron chi connectivity index (χ1n) is 45.2. The number of carboxylic acids is 1. The number of rotatable bonds is 40. The summed E-state index contributed by atoms with van der Waals surface area (Å²) in [6.45, 7) is 3.17. The van der Waals surface area contributed by atoms with Crippen LogP contribution in [0.5, 0.6) is 0 Å². The molecule has 2 aromatic carbocycles. The molecule has 9 aromatic rings. The zero-order chi connectivity index (χ0) is 95.4. The number of anilines is 5. The van der Waals surface area contributed by atoms with Gasteiger partial charge in [0.15, 0.2) is 11.7 Å². The van der Waals surface area contributed by atoms with Gasteiger partial charge < -0.3 is 55.2 Å². The van der Waals surface area contributed by atoms with E-state index in [9.17, 15) is 58.0 Å². The molecule has 13 rings (SSSR count). The first kappa shape index (κ1) is 104. The fourth-order valence-electron chi connectivity index (χ4n) is 17.2. The Bertz CT molecular complexity index is 5550. The molecule has 0 saturated heterocycles. The number of hydrogen-bond acceptors (Lipinski definition) is 32. The van der Waals surface area contributed by atoms with Gasteiger partial charge in [-0.1, -0.05) is 206 Å². The van der Waals surface area contributed by atoms with Gasteiger partial charge in [-0.3, -0.25) is 24.2 Å². The number of amides is 1. The number of amidine groups is 1. The van der Waals surface area contributed by atoms with Gasteiger partial charge in [-0.25, -0.2) is 54.1 Å². The smallest absolute Gasteiger partial charge is 0.304 e. The average molecular weight is 1910 g/mol. The lowest BCUT2D eigenvalue weighted by Gasteiger charge is -2.22. The molecule has 38 nitrogen and oxygen atoms in total. The topological polar surface area (TPSA) is 590 Å². The van der Waals surface area contributed by atoms with Crippen LogP contribution >= 0.6 is 0 Å². The number of carbonyl (C=O) groups excluding carboxylic acids is 3. The van der Waals surface area contributed by atoms with E-state index in [1.807, 2.05) is 6.07 Å². The third-order valence-corrected chi connectivity index (χ3v) is 28.1. The molecule has 1 amide bonds. The Morgan fingerprint density at radius 1 is 0.432 bits per heavy atom. The van der Waals surface area contributed by atoms with Crippen molar-refractivity contribution in [1.82, 2.24) is 61.0 Å². The summed E-state index contributed by atoms with van der Waals surface area (Å²) in [4.78, 5) is 76.3. The minimum Gasteiger partial charge on any atom is -0.481 e. The molecule has 720 valence electrons. The van der Waals surface area contributed by atoms with Crippen LogP contribution in [-0.4, -0.2) is 159 Å². The highest BCUT2D eigenvalue weighted by Gasteiger charge is 2.32. The molecule has 4 atom stereocenters. The minimum absolute atomic E-state index is 0.000851. The third kappa shape index (κ3) is 36.4. The molecule has 4 saturated carbocycles. The molecular formula is C90H127N19O19S4. The summed E-state index contributed by atoms with van der Waals surface area (Å²) >= 11 is 0. The number of nitrogens with one attached hydrogen (secondary N) is 3. The molecule has 0 spiro atoms. The average Bonchev–Trinajstić information content (AvgIpc) is 1.36. The van der Waals surface area contributed by atoms with E-state index in [2.05, 4.69) is 70.1 Å². The van der Waals surface area contributed by atoms with Crippen molar-refractivity contribution in [3.05, 3.63) is 133 Å². The molecule has 12 N–H and O–H groups in total. The monoisotopic (exact) mass is 1910 g/mol. The number of aliphatic carboxylic acids is 1. The van der Waals surface area contributed by atoms with E-state index in [0.29, 0.717) is 106 Å². The number of sulfonamides is 4. The number of pyridine rings is 3. The molecule has 42 heteroatoms. The quantitative estimate of drug-likeness (QED) is 0.00566. The first-order chi connectivity index (χ1) is 62.9. The van der Waals surface area contributed by atoms with E-state index in [1.54, 1.807) is 92.3 Å². The maximum atomic E-state index is 11.9. The maximum Gasteiger partial charge on any atom is 0.304 e. The van der Waals surface area contributed by atoms with Crippen molar-refractivity contribution in [3.63, 3.8) is 0 Å². The fourth-order valence-corrected chi connectivity index (χ4v) is 21.2. The van der Waals surface area contributed by atoms with Gasteiger partial charge in [-0.05, 0) is 148 Å². The predicted octanol–water partition coefficient (Wildman–Crippen LogP) is 16.2. The van der Waals surface area contributed by atoms with Crippen LogP contribution in [0.3, 0.4) is 0 Å². The number of benzene rings is 2. The molecule has 0 radical (unpaired) electrons. The van der Waals surface area contributed by atoms with Gasteiger partial charge >= 0.3 is 5.97 Å². The number of nitrogens with zero attached hydrogens (tertiary/aromatic N) is 13. The summed E-state index contributed by atoms with van der Waals surface area (Å²) < 4.78 is 120. The molecule has 0 bridgehead atoms. The normalized spacial score (nSPS) is 15.9. The molecule has 0 aliphatic heterocycles. The summed E-state index contributed by atoms with van der Waals surface area (Å²) in [6, 6.07) is 22.7. The van der Waals surface area contributed by atoms with Crippen LogP contribution in [0.1, 0.15) is 298 Å². The van der Waals surface area contributed by atoms with E-state index < -0.39 is 52.0 Å². The van der Waals surface area contributed by atoms with Crippen LogP contribution in [0.15, 0.2) is 127 Å². The van der Waals surface area contributed by atoms with Gasteiger partial charge in [0.05, 0.1) is 31.4 Å². The molecule has 4 aliphatic carbocycles. The summed E-state index contributed by atoms with van der Waals surface area (Å²) in [5, 5.41) is 45.4. The van der Waals surface area contributed by atoms with Gasteiger partial charge in [0.1, 0.15) is 23.2 Å². The Hall–Kier alpha value is -11.2. The number of nitrogen functional groups attached to an aromatic ring is 2. The van der Waals surface area contributed by atoms with Crippen molar-refractivity contribution < 1.29 is 86.5 Å². The standard InChI is InChI=1S/C22H32N4O6S2.C21H30N4O5S.C21H29N3O5S.C20H28N4O2.C6H8N4O/c1-16(27)14-18(11-7-10-17-8-5-4-6-9-17)22-24-21(25-32-22)19-12-13-20(23-15-19)26(33(2,28)29)34(3,30)31;1-31(28,29)25-18-12-10-16(11-13-18)20-22-21(30-24-20)17(14-19(26)23-27)9-5-8-15-6-3-2-4-7-15;1-30(27,28)24-18-12-10-16(11-13-18)20-22-21(29-23-20)17(14-19(25)26)9-5-8-15-6-3-2-4-7-15;1-14(25)12-16(9-5-8-15-6-3-2-4-7-15)20-23-19(24-26-20)17-10-11-18(21)22-13-17;7-5-2-1-4(3-9-5)6(8)10-11/h12-13,15,17-18H,4-11,14H2,1-3H3;10-13,15,17,25,27H,2-9,14H2,1H3,(H,23,26);10-13,15,17,24H,2-9,14H2,1H3,(H,25,26);10-11,13,15-16H,2-9,12H2,1H3,(H2,21,22);1-3,11H,(H2,7,9)(H2,8,10)/t18-;2*17-;16-;/m1111./s1. The van der Waals surface area contributed by atoms with Crippen molar-refractivity contribution in [3.8, 4) is 45.6 Å². The number of Topliss-reactive ketones (excluding diaryl/α,β-unsaturated/α-hetero) is 2. The van der Waals surface area contributed by atoms with Crippen LogP contribution < -0.4 is 35.8 Å². The Morgan fingerprint density at radius 2 is 0.742 bits per heavy atom. The van der Waals surface area contributed by atoms with Crippen molar-refractivity contribution in [2.24, 2.45) is 34.6 Å². The van der Waals surface area contributed by atoms with Crippen LogP contribution in [0.25, 0.3) is 45.6 Å². The lowest BCUT2D eigenvalue weighted by Crippen LogP contribution is -2.35. The second-order valence-electron chi connectivity index (χ2n) is 35.0. The van der Waals surface area contributed by atoms with Gasteiger partial charge in [-0.2, -0.15) is 19.9 Å². The minimum atomic E-state index is -4.09. The van der Waals surface area contributed by atoms with E-state index in [1.165, 1.54) is 159 Å². The van der Waals surface area contributed by atoms with Crippen LogP contribution in [0.4, 0.5) is 28.8 Å². The lowest BCUT2D eigenvalue weighted by molar-refractivity contribution is -0.137. The number of carbonyl (C=O) groups is 4. The van der Waals surface area contributed by atoms with Crippen molar-refractivity contribution in [1.29, 1.82) is 0 Å². The number of aromatic nitrogens is 11. The van der Waals surface area contributed by atoms with Crippen molar-refractivity contribution in [2.45, 2.75) is 269 Å². The number of hydrogen-bond donors (Lipinski definition) is 9. The second kappa shape index (κ2) is 51.7. The highest BCUT2D eigenvalue weighted by molar-refractivity contribution is 8.09. The zero-order valence-corrected chi connectivity index (χ0v) is 79.2. The maximum absolute atomic E-state index is 11.9. The van der Waals surface area contributed by atoms with Crippen molar-refractivity contribution in [2.75, 3.05) is 49.6 Å². The van der Waals surface area contributed by atoms with Gasteiger partial charge in [0.2, 0.25) is 92.9 Å². The molecule has 7 heterocycles. The number of oxime groups is 1. The van der Waals surface area contributed by atoms with E-state index in [-0.39, 0.29) is 69.3 Å². The summed E-state index contributed by atoms with van der Waals surface area (Å²) in [5.41, 5.74) is 21.8. The summed E-state index contributed by atoms with van der Waals surface area (Å²) in [5.74, 6) is 4.91. The van der Waals surface area contributed by atoms with E-state index >= 15 is 0 Å². The predicted molar refractivity (Wildman–Crippen MR) is 499 cm³/mol. The Morgan fingerprint density at radius 3 is 1.02 bits per heavy atom. The molecule has 0 unspecified atom stereocenters. The molecule has 132 heavy (non-hydrogen) atoms. The third-order valence-electron chi connectivity index (χ3n) is 23.7. The number of hydroxylamine groups is 1. The van der Waals surface area contributed by atoms with Crippen molar-refractivity contribution >= 4 is 98.2 Å². The van der Waals surface area contributed by atoms with E-state index in [0.717, 1.165) is 118 Å². The molecular weight excluding hydrogens is 1780 g/mol. The Balaban J connectivity index is 0.000000191. The zero-order valence-electron chi connectivity index (χ0n) is 75.9. The lowest BCUT2D eigenvalue weighted by atomic mass is 9.84. The Kier molecular flexibility index (Phi) is 40.9. The number of nitrogens with two attached hydrogens (primary N) is 3. The first-order valence-corrected chi connectivity index (χ1v) is 52.6. The Labute approximate surface area is 772 Å². The van der Waals surface area contributed by atoms with Crippen LogP contribution in [0, 0.1) is 23.7 Å². The summed E-state index contributed by atoms with van der Waals surface area (Å²) in [6.07, 6.45) is 46.9.